The molecule has 2 unspecified atom stereocenters. The van der Waals surface area contributed by atoms with Crippen LogP contribution in [0.2, 0.25) is 0 Å². The quantitative estimate of drug-likeness (QED) is 0.583. The number of hydrogen-bond acceptors (Lipinski definition) is 5. The molecule has 0 heterocycles. The summed E-state index contributed by atoms with van der Waals surface area (Å²) < 4.78 is 67.3. The lowest BCUT2D eigenvalue weighted by Crippen LogP contribution is -2.62. The molecule has 4 aliphatic carbocycles. The maximum atomic E-state index is 12.6. The molecule has 146 valence electrons. The van der Waals surface area contributed by atoms with Gasteiger partial charge >= 0.3 is 21.5 Å². The van der Waals surface area contributed by atoms with Crippen LogP contribution in [-0.2, 0) is 24.3 Å². The number of esters is 1. The van der Waals surface area contributed by atoms with Crippen molar-refractivity contribution in [2.24, 2.45) is 17.3 Å². The van der Waals surface area contributed by atoms with Crippen LogP contribution in [0.15, 0.2) is 12.2 Å². The molecule has 26 heavy (non-hydrogen) atoms. The zero-order valence-electron chi connectivity index (χ0n) is 14.2. The fraction of sp³-hybridized carbons (Fsp3) is 0.750. The number of ether oxygens (including phenoxy) is 1. The van der Waals surface area contributed by atoms with Gasteiger partial charge in [-0.05, 0) is 50.9 Å². The van der Waals surface area contributed by atoms with E-state index in [1.54, 1.807) is 0 Å². The Kier molecular flexibility index (Phi) is 4.21. The van der Waals surface area contributed by atoms with Crippen LogP contribution >= 0.6 is 0 Å². The van der Waals surface area contributed by atoms with Crippen LogP contribution < -0.4 is 4.72 Å². The highest BCUT2D eigenvalue weighted by atomic mass is 32.2. The van der Waals surface area contributed by atoms with Crippen molar-refractivity contribution in [2.75, 3.05) is 0 Å². The molecule has 0 aromatic heterocycles. The summed E-state index contributed by atoms with van der Waals surface area (Å²) in [5.41, 5.74) is -7.58. The van der Waals surface area contributed by atoms with Gasteiger partial charge in [0.2, 0.25) is 5.91 Å². The third-order valence-electron chi connectivity index (χ3n) is 5.68. The second kappa shape index (κ2) is 5.71. The van der Waals surface area contributed by atoms with Gasteiger partial charge in [0.1, 0.15) is 5.60 Å². The van der Waals surface area contributed by atoms with Crippen molar-refractivity contribution in [3.63, 3.8) is 0 Å². The number of alkyl halides is 3. The largest absolute Gasteiger partial charge is 0.516 e. The number of hydrogen-bond donors (Lipinski definition) is 1. The summed E-state index contributed by atoms with van der Waals surface area (Å²) in [5, 5.41) is 0. The van der Waals surface area contributed by atoms with Crippen LogP contribution in [-0.4, -0.2) is 31.4 Å². The van der Waals surface area contributed by atoms with Gasteiger partial charge in [-0.1, -0.05) is 6.58 Å². The Morgan fingerprint density at radius 3 is 2.15 bits per heavy atom. The van der Waals surface area contributed by atoms with Crippen LogP contribution in [0.3, 0.4) is 0 Å². The minimum absolute atomic E-state index is 0.00788. The predicted octanol–water partition coefficient (Wildman–Crippen LogP) is 2.41. The molecule has 0 spiro atoms. The second-order valence-electron chi connectivity index (χ2n) is 7.97. The molecular formula is C16H20F3NO5S. The van der Waals surface area contributed by atoms with E-state index in [9.17, 15) is 31.2 Å². The highest BCUT2D eigenvalue weighted by Gasteiger charge is 2.63. The van der Waals surface area contributed by atoms with E-state index in [-0.39, 0.29) is 23.8 Å². The van der Waals surface area contributed by atoms with Crippen LogP contribution in [0.5, 0.6) is 0 Å². The predicted molar refractivity (Wildman–Crippen MR) is 83.9 cm³/mol. The summed E-state index contributed by atoms with van der Waals surface area (Å²) >= 11 is 0. The topological polar surface area (TPSA) is 89.5 Å². The molecule has 0 radical (unpaired) electrons. The molecule has 0 aromatic rings. The third-order valence-corrected chi connectivity index (χ3v) is 6.74. The highest BCUT2D eigenvalue weighted by molar-refractivity contribution is 7.90. The van der Waals surface area contributed by atoms with Crippen LogP contribution in [0.4, 0.5) is 13.2 Å². The normalized spacial score (nSPS) is 35.8. The molecule has 4 rings (SSSR count). The number of nitrogens with one attached hydrogen (secondary N) is 1. The van der Waals surface area contributed by atoms with E-state index < -0.39 is 38.4 Å². The van der Waals surface area contributed by atoms with Crippen molar-refractivity contribution >= 4 is 21.9 Å². The fourth-order valence-corrected chi connectivity index (χ4v) is 5.71. The molecule has 4 fully saturated rings. The molecule has 1 amide bonds. The minimum Gasteiger partial charge on any atom is -0.456 e. The van der Waals surface area contributed by atoms with E-state index in [1.165, 1.54) is 11.6 Å². The zero-order valence-corrected chi connectivity index (χ0v) is 15.0. The molecular weight excluding hydrogens is 375 g/mol. The molecule has 0 aromatic carbocycles. The van der Waals surface area contributed by atoms with E-state index in [0.29, 0.717) is 25.7 Å². The second-order valence-corrected chi connectivity index (χ2v) is 9.65. The van der Waals surface area contributed by atoms with Crippen LogP contribution in [0.25, 0.3) is 0 Å². The lowest BCUT2D eigenvalue weighted by molar-refractivity contribution is -0.200. The van der Waals surface area contributed by atoms with Gasteiger partial charge in [0.05, 0.1) is 5.41 Å². The Bertz CT molecular complexity index is 759. The Balaban J connectivity index is 1.87. The Morgan fingerprint density at radius 1 is 1.15 bits per heavy atom. The van der Waals surface area contributed by atoms with Crippen LogP contribution in [0.1, 0.15) is 45.4 Å². The van der Waals surface area contributed by atoms with E-state index >= 15 is 0 Å². The molecule has 1 N–H and O–H groups in total. The number of amides is 1. The van der Waals surface area contributed by atoms with Crippen molar-refractivity contribution in [1.29, 1.82) is 0 Å². The van der Waals surface area contributed by atoms with Crippen LogP contribution in [0, 0.1) is 17.3 Å². The van der Waals surface area contributed by atoms with Crippen molar-refractivity contribution in [2.45, 2.75) is 56.6 Å². The Hall–Kier alpha value is -1.58. The molecule has 2 atom stereocenters. The molecule has 4 saturated carbocycles. The minimum atomic E-state index is -5.77. The van der Waals surface area contributed by atoms with Crippen molar-refractivity contribution in [1.82, 2.24) is 4.72 Å². The van der Waals surface area contributed by atoms with E-state index in [2.05, 4.69) is 6.58 Å². The summed E-state index contributed by atoms with van der Waals surface area (Å²) in [6, 6.07) is 0. The van der Waals surface area contributed by atoms with E-state index in [4.69, 9.17) is 4.74 Å². The first-order valence-electron chi connectivity index (χ1n) is 8.30. The van der Waals surface area contributed by atoms with Gasteiger partial charge in [-0.25, -0.2) is 9.52 Å². The SMILES string of the molecule is C=C(C)C(=O)OC12CC3CC(C1)CC(C(=O)NS(=O)(=O)C(F)(F)F)(C3)C2. The zero-order chi connectivity index (χ0) is 19.5. The average molecular weight is 395 g/mol. The summed E-state index contributed by atoms with van der Waals surface area (Å²) in [6.07, 6.45) is 2.50. The first kappa shape index (κ1) is 19.2. The maximum absolute atomic E-state index is 12.6. The van der Waals surface area contributed by atoms with Crippen molar-refractivity contribution in [3.05, 3.63) is 12.2 Å². The van der Waals surface area contributed by atoms with Crippen molar-refractivity contribution < 1.29 is 35.9 Å². The van der Waals surface area contributed by atoms with Gasteiger partial charge < -0.3 is 4.74 Å². The standard InChI is InChI=1S/C16H20F3NO5S/c1-9(2)12(21)25-15-6-10-3-11(7-15)5-14(4-10,8-15)13(22)20-26(23,24)16(17,18)19/h10-11H,1,3-8H2,2H3,(H,20,22). The fourth-order valence-electron chi connectivity index (χ4n) is 5.14. The number of carbonyl (C=O) groups excluding carboxylic acids is 2. The Morgan fingerprint density at radius 2 is 1.69 bits per heavy atom. The monoisotopic (exact) mass is 395 g/mol. The van der Waals surface area contributed by atoms with Gasteiger partial charge in [0.15, 0.2) is 0 Å². The summed E-state index contributed by atoms with van der Waals surface area (Å²) in [5.74, 6) is -1.74. The average Bonchev–Trinajstić information content (AvgIpc) is 2.43. The number of rotatable bonds is 4. The Labute approximate surface area is 149 Å². The first-order valence-corrected chi connectivity index (χ1v) is 9.78. The first-order chi connectivity index (χ1) is 11.8. The summed E-state index contributed by atoms with van der Waals surface area (Å²) in [7, 11) is -5.77. The smallest absolute Gasteiger partial charge is 0.456 e. The van der Waals surface area contributed by atoms with E-state index in [1.807, 2.05) is 0 Å². The van der Waals surface area contributed by atoms with Gasteiger partial charge in [-0.3, -0.25) is 4.79 Å². The summed E-state index contributed by atoms with van der Waals surface area (Å²) in [6.45, 7) is 5.01. The van der Waals surface area contributed by atoms with Crippen molar-refractivity contribution in [3.8, 4) is 0 Å². The maximum Gasteiger partial charge on any atom is 0.516 e. The molecule has 0 aliphatic heterocycles. The van der Waals surface area contributed by atoms with Gasteiger partial charge in [0.25, 0.3) is 0 Å². The summed E-state index contributed by atoms with van der Waals surface area (Å²) in [4.78, 5) is 24.6. The molecule has 4 bridgehead atoms. The van der Waals surface area contributed by atoms with Gasteiger partial charge in [-0.2, -0.15) is 21.6 Å². The lowest BCUT2D eigenvalue weighted by atomic mass is 9.47. The molecule has 6 nitrogen and oxygen atoms in total. The molecule has 4 aliphatic rings. The highest BCUT2D eigenvalue weighted by Crippen LogP contribution is 2.63. The number of carbonyl (C=O) groups is 2. The lowest BCUT2D eigenvalue weighted by Gasteiger charge is -2.60. The number of halogens is 3. The van der Waals surface area contributed by atoms with Gasteiger partial charge in [-0.15, -0.1) is 0 Å². The molecule has 10 heteroatoms. The number of sulfonamides is 1. The third kappa shape index (κ3) is 3.12. The van der Waals surface area contributed by atoms with E-state index in [0.717, 1.165) is 6.42 Å². The molecule has 0 saturated heterocycles. The van der Waals surface area contributed by atoms with Gasteiger partial charge in [0, 0.05) is 12.0 Å².